The normalized spacial score (nSPS) is 32.4. The number of nitrogens with zero attached hydrogens (tertiary/aromatic N) is 1. The van der Waals surface area contributed by atoms with Crippen molar-refractivity contribution in [3.8, 4) is 11.5 Å². The lowest BCUT2D eigenvalue weighted by Crippen LogP contribution is -3.12. The third kappa shape index (κ3) is 4.00. The van der Waals surface area contributed by atoms with Crippen LogP contribution in [0.25, 0.3) is 0 Å². The number of ether oxygens (including phenoxy) is 2. The number of likely N-dealkylation sites (tertiary alicyclic amines) is 1. The molecule has 2 saturated heterocycles. The number of hydrogen-bond donors (Lipinski definition) is 2. The molecule has 1 unspecified atom stereocenters. The number of carbonyl (C=O) groups is 2. The molecule has 3 aliphatic rings. The number of rotatable bonds is 5. The van der Waals surface area contributed by atoms with Gasteiger partial charge in [0.05, 0.1) is 26.3 Å². The largest absolute Gasteiger partial charge is 0.497 e. The number of urea groups is 1. The topological polar surface area (TPSA) is 72.3 Å². The quantitative estimate of drug-likeness (QED) is 0.704. The molecule has 31 heavy (non-hydrogen) atoms. The molecule has 1 aromatic rings. The summed E-state index contributed by atoms with van der Waals surface area (Å²) < 4.78 is 11.0. The van der Waals surface area contributed by atoms with E-state index >= 15 is 0 Å². The van der Waals surface area contributed by atoms with E-state index < -0.39 is 5.54 Å². The third-order valence-electron chi connectivity index (χ3n) is 7.28. The maximum absolute atomic E-state index is 13.6. The Labute approximate surface area is 185 Å². The van der Waals surface area contributed by atoms with Gasteiger partial charge in [-0.1, -0.05) is 20.8 Å². The second-order valence-corrected chi connectivity index (χ2v) is 10.5. The summed E-state index contributed by atoms with van der Waals surface area (Å²) >= 11 is 0. The maximum atomic E-state index is 13.6. The molecule has 1 spiro atoms. The molecule has 2 aliphatic heterocycles. The first kappa shape index (κ1) is 21.9. The van der Waals surface area contributed by atoms with Crippen molar-refractivity contribution < 1.29 is 24.0 Å². The van der Waals surface area contributed by atoms with Gasteiger partial charge >= 0.3 is 6.03 Å². The minimum Gasteiger partial charge on any atom is -0.497 e. The van der Waals surface area contributed by atoms with Gasteiger partial charge in [0.2, 0.25) is 0 Å². The number of quaternary nitrogens is 1. The molecular weight excluding hydrogens is 394 g/mol. The fourth-order valence-corrected chi connectivity index (χ4v) is 6.44. The number of benzene rings is 1. The van der Waals surface area contributed by atoms with Crippen LogP contribution in [0, 0.1) is 11.3 Å². The van der Waals surface area contributed by atoms with Crippen LogP contribution < -0.4 is 19.7 Å². The molecule has 3 fully saturated rings. The molecule has 1 saturated carbocycles. The van der Waals surface area contributed by atoms with Gasteiger partial charge in [-0.2, -0.15) is 0 Å². The molecule has 2 N–H and O–H groups in total. The number of methoxy groups -OCH3 is 2. The number of nitrogens with one attached hydrogen (secondary N) is 2. The van der Waals surface area contributed by atoms with Crippen LogP contribution in [0.15, 0.2) is 18.2 Å². The molecule has 170 valence electrons. The lowest BCUT2D eigenvalue weighted by molar-refractivity contribution is -0.925. The van der Waals surface area contributed by atoms with Gasteiger partial charge in [-0.3, -0.25) is 4.79 Å². The molecule has 0 aromatic heterocycles. The van der Waals surface area contributed by atoms with E-state index in [-0.39, 0.29) is 23.4 Å². The Bertz CT molecular complexity index is 870. The minimum atomic E-state index is -0.749. The van der Waals surface area contributed by atoms with Gasteiger partial charge in [0.15, 0.2) is 6.67 Å². The summed E-state index contributed by atoms with van der Waals surface area (Å²) in [6.07, 6.45) is 4.53. The van der Waals surface area contributed by atoms with Gasteiger partial charge < -0.3 is 19.7 Å². The third-order valence-corrected chi connectivity index (χ3v) is 7.28. The van der Waals surface area contributed by atoms with Crippen molar-refractivity contribution in [2.75, 3.05) is 27.4 Å². The summed E-state index contributed by atoms with van der Waals surface area (Å²) in [5.41, 5.74) is 0.359. The Hall–Kier alpha value is -2.28. The second kappa shape index (κ2) is 8.01. The van der Waals surface area contributed by atoms with Crippen molar-refractivity contribution in [3.63, 3.8) is 0 Å². The molecule has 4 rings (SSSR count). The molecule has 1 aliphatic carbocycles. The van der Waals surface area contributed by atoms with Crippen molar-refractivity contribution in [1.29, 1.82) is 0 Å². The lowest BCUT2D eigenvalue weighted by Gasteiger charge is -2.43. The van der Waals surface area contributed by atoms with Crippen LogP contribution in [0.3, 0.4) is 0 Å². The zero-order chi connectivity index (χ0) is 22.4. The summed E-state index contributed by atoms with van der Waals surface area (Å²) in [6.45, 7) is 7.87. The number of carbonyl (C=O) groups excluding carboxylic acids is 2. The molecule has 0 bridgehead atoms. The van der Waals surface area contributed by atoms with Gasteiger partial charge in [-0.15, -0.1) is 0 Å². The molecule has 2 heterocycles. The highest BCUT2D eigenvalue weighted by molar-refractivity contribution is 6.07. The van der Waals surface area contributed by atoms with Crippen LogP contribution in [-0.4, -0.2) is 49.8 Å². The van der Waals surface area contributed by atoms with E-state index in [1.807, 2.05) is 18.2 Å². The minimum absolute atomic E-state index is 0.0353. The Morgan fingerprint density at radius 3 is 2.65 bits per heavy atom. The molecule has 3 amide bonds. The summed E-state index contributed by atoms with van der Waals surface area (Å²) in [5, 5.41) is 3.10. The smallest absolute Gasteiger partial charge is 0.329 e. The molecule has 0 radical (unpaired) electrons. The van der Waals surface area contributed by atoms with E-state index in [1.54, 1.807) is 14.2 Å². The van der Waals surface area contributed by atoms with Crippen molar-refractivity contribution in [2.24, 2.45) is 11.3 Å². The Balaban J connectivity index is 1.56. The molecule has 7 nitrogen and oxygen atoms in total. The van der Waals surface area contributed by atoms with Crippen molar-refractivity contribution in [3.05, 3.63) is 23.8 Å². The molecule has 4 atom stereocenters. The van der Waals surface area contributed by atoms with Crippen molar-refractivity contribution in [1.82, 2.24) is 10.2 Å². The summed E-state index contributed by atoms with van der Waals surface area (Å²) in [4.78, 5) is 29.2. The Kier molecular flexibility index (Phi) is 5.66. The molecule has 7 heteroatoms. The fourth-order valence-electron chi connectivity index (χ4n) is 6.44. The van der Waals surface area contributed by atoms with Crippen LogP contribution in [-0.2, 0) is 4.79 Å². The summed E-state index contributed by atoms with van der Waals surface area (Å²) in [6, 6.07) is 5.75. The van der Waals surface area contributed by atoms with Crippen LogP contribution in [0.4, 0.5) is 4.79 Å². The van der Waals surface area contributed by atoms with Gasteiger partial charge in [0.1, 0.15) is 23.1 Å². The van der Waals surface area contributed by atoms with E-state index in [2.05, 4.69) is 26.1 Å². The van der Waals surface area contributed by atoms with E-state index in [9.17, 15) is 9.59 Å². The van der Waals surface area contributed by atoms with Crippen LogP contribution >= 0.6 is 0 Å². The van der Waals surface area contributed by atoms with E-state index in [0.717, 1.165) is 49.3 Å². The fraction of sp³-hybridized carbons (Fsp3) is 0.667. The van der Waals surface area contributed by atoms with Crippen LogP contribution in [0.5, 0.6) is 11.5 Å². The first-order valence-electron chi connectivity index (χ1n) is 11.4. The van der Waals surface area contributed by atoms with E-state index in [0.29, 0.717) is 19.0 Å². The number of imide groups is 1. The molecule has 1 aromatic carbocycles. The predicted molar refractivity (Wildman–Crippen MR) is 117 cm³/mol. The summed E-state index contributed by atoms with van der Waals surface area (Å²) in [5.74, 6) is 1.96. The Morgan fingerprint density at radius 2 is 1.97 bits per heavy atom. The standard InChI is InChI=1S/C24H35N3O4/c1-16-12-23(2,3)14-24(13-16)21(28)27(22(29)25-24)15-26-10-6-7-19(26)18-11-17(30-4)8-9-20(18)31-5/h8-9,11,16,19H,6-7,10,12-15H2,1-5H3,(H,25,29)/p+1/t16-,19+,24+/m0/s1. The number of hydrogen-bond acceptors (Lipinski definition) is 4. The highest BCUT2D eigenvalue weighted by Gasteiger charge is 2.57. The van der Waals surface area contributed by atoms with Crippen molar-refractivity contribution >= 4 is 11.9 Å². The SMILES string of the molecule is COc1ccc(OC)c([C@H]2CCC[NH+]2CN2C(=O)N[C@@]3(C[C@@H](C)CC(C)(C)C3)C2=O)c1. The van der Waals surface area contributed by atoms with Gasteiger partial charge in [-0.05, 0) is 48.8 Å². The first-order chi connectivity index (χ1) is 14.7. The van der Waals surface area contributed by atoms with Crippen LogP contribution in [0.1, 0.15) is 64.5 Å². The second-order valence-electron chi connectivity index (χ2n) is 10.5. The monoisotopic (exact) mass is 430 g/mol. The van der Waals surface area contributed by atoms with Crippen LogP contribution in [0.2, 0.25) is 0 Å². The zero-order valence-electron chi connectivity index (χ0n) is 19.4. The highest BCUT2D eigenvalue weighted by atomic mass is 16.5. The van der Waals surface area contributed by atoms with Gasteiger partial charge in [0, 0.05) is 12.8 Å². The first-order valence-corrected chi connectivity index (χ1v) is 11.4. The number of amides is 3. The van der Waals surface area contributed by atoms with E-state index in [1.165, 1.54) is 9.80 Å². The molecular formula is C24H36N3O4+. The van der Waals surface area contributed by atoms with Crippen molar-refractivity contribution in [2.45, 2.75) is 64.5 Å². The predicted octanol–water partition coefficient (Wildman–Crippen LogP) is 2.52. The average molecular weight is 431 g/mol. The highest BCUT2D eigenvalue weighted by Crippen LogP contribution is 2.46. The summed E-state index contributed by atoms with van der Waals surface area (Å²) in [7, 11) is 3.33. The van der Waals surface area contributed by atoms with E-state index in [4.69, 9.17) is 9.47 Å². The Morgan fingerprint density at radius 1 is 1.19 bits per heavy atom. The average Bonchev–Trinajstić information content (AvgIpc) is 3.24. The maximum Gasteiger partial charge on any atom is 0.329 e. The van der Waals surface area contributed by atoms with Gasteiger partial charge in [0.25, 0.3) is 5.91 Å². The zero-order valence-corrected chi connectivity index (χ0v) is 19.4. The van der Waals surface area contributed by atoms with Gasteiger partial charge in [-0.25, -0.2) is 9.69 Å². The lowest BCUT2D eigenvalue weighted by atomic mass is 9.64.